The summed E-state index contributed by atoms with van der Waals surface area (Å²) in [5.41, 5.74) is 0. The second-order valence-corrected chi connectivity index (χ2v) is 10.2. The molecule has 0 aliphatic heterocycles. The molecule has 0 bridgehead atoms. The summed E-state index contributed by atoms with van der Waals surface area (Å²) in [7, 11) is 2.78. The number of hydrogen-bond donors (Lipinski definition) is 2. The molecule has 2 aliphatic rings. The predicted octanol–water partition coefficient (Wildman–Crippen LogP) is 5.64. The second-order valence-electron chi connectivity index (χ2n) is 7.52. The zero-order valence-corrected chi connectivity index (χ0v) is 17.0. The van der Waals surface area contributed by atoms with Crippen LogP contribution in [0.5, 0.6) is 0 Å². The summed E-state index contributed by atoms with van der Waals surface area (Å²) in [6.45, 7) is 0. The fourth-order valence-electron chi connectivity index (χ4n) is 3.68. The Labute approximate surface area is 152 Å². The fraction of sp³-hybridized carbons (Fsp3) is 0.900. The maximum atomic E-state index is 9.80. The summed E-state index contributed by atoms with van der Waals surface area (Å²) in [6.07, 6.45) is 19.5. The van der Waals surface area contributed by atoms with Gasteiger partial charge in [0.15, 0.2) is 6.29 Å². The summed E-state index contributed by atoms with van der Waals surface area (Å²) in [5.74, 6) is 0.0456. The zero-order chi connectivity index (χ0) is 17.0. The van der Waals surface area contributed by atoms with Crippen molar-refractivity contribution in [3.63, 3.8) is 0 Å². The van der Waals surface area contributed by atoms with Crippen molar-refractivity contribution >= 4 is 27.0 Å². The van der Waals surface area contributed by atoms with E-state index in [1.807, 2.05) is 0 Å². The molecule has 138 valence electrons. The number of aliphatic hydroxyl groups excluding tert-OH is 1. The lowest BCUT2D eigenvalue weighted by Crippen LogP contribution is -2.23. The van der Waals surface area contributed by atoms with Gasteiger partial charge in [-0.3, -0.25) is 0 Å². The van der Waals surface area contributed by atoms with Crippen LogP contribution in [0.1, 0.15) is 89.9 Å². The minimum absolute atomic E-state index is 0.0456. The first-order valence-corrected chi connectivity index (χ1v) is 12.3. The van der Waals surface area contributed by atoms with Crippen LogP contribution in [0.3, 0.4) is 0 Å². The van der Waals surface area contributed by atoms with Crippen molar-refractivity contribution in [3.05, 3.63) is 0 Å². The number of aliphatic hydroxyl groups is 2. The molecule has 4 heteroatoms. The van der Waals surface area contributed by atoms with Gasteiger partial charge in [0.05, 0.1) is 0 Å². The molecule has 0 atom stereocenters. The third kappa shape index (κ3) is 8.57. The average molecular weight is 370 g/mol. The molecule has 0 aromatic rings. The molecule has 24 heavy (non-hydrogen) atoms. The van der Waals surface area contributed by atoms with E-state index in [4.69, 9.17) is 0 Å². The first-order chi connectivity index (χ1) is 11.8. The highest BCUT2D eigenvalue weighted by Gasteiger charge is 2.16. The molecule has 0 radical (unpaired) electrons. The third-order valence-corrected chi connectivity index (χ3v) is 8.47. The monoisotopic (exact) mass is 370 g/mol. The third-order valence-electron chi connectivity index (χ3n) is 5.38. The normalized spacial score (nSPS) is 23.0. The molecule has 2 rings (SSSR count). The fourth-order valence-corrected chi connectivity index (χ4v) is 6.77. The molecule has 0 heterocycles. The van der Waals surface area contributed by atoms with Crippen LogP contribution in [-0.2, 0) is 0 Å². The Bertz CT molecular complexity index is 350. The van der Waals surface area contributed by atoms with E-state index in [-0.39, 0.29) is 5.92 Å². The Kier molecular flexibility index (Phi) is 10.8. The van der Waals surface area contributed by atoms with E-state index in [9.17, 15) is 10.2 Å². The van der Waals surface area contributed by atoms with Gasteiger partial charge in [-0.2, -0.15) is 0 Å². The Hall–Kier alpha value is 0.260. The average Bonchev–Trinajstić information content (AvgIpc) is 2.49. The van der Waals surface area contributed by atoms with Crippen LogP contribution >= 0.6 is 16.4 Å². The molecule has 2 fully saturated rings. The van der Waals surface area contributed by atoms with Gasteiger partial charge in [0.2, 0.25) is 0 Å². The van der Waals surface area contributed by atoms with Crippen molar-refractivity contribution in [1.29, 1.82) is 0 Å². The van der Waals surface area contributed by atoms with Crippen LogP contribution in [0.2, 0.25) is 0 Å². The SMILES string of the molecule is OC(O)C(CP=C1CCCCCCC1)CP=C1CCCCCCC1. The smallest absolute Gasteiger partial charge is 0.155 e. The highest BCUT2D eigenvalue weighted by atomic mass is 31.1. The van der Waals surface area contributed by atoms with E-state index in [2.05, 4.69) is 0 Å². The van der Waals surface area contributed by atoms with Gasteiger partial charge in [-0.25, -0.2) is 0 Å². The lowest BCUT2D eigenvalue weighted by atomic mass is 10.0. The molecule has 0 aromatic heterocycles. The van der Waals surface area contributed by atoms with Crippen molar-refractivity contribution in [2.45, 2.75) is 96.2 Å². The van der Waals surface area contributed by atoms with Crippen LogP contribution in [0, 0.1) is 5.92 Å². The quantitative estimate of drug-likeness (QED) is 0.486. The summed E-state index contributed by atoms with van der Waals surface area (Å²) in [6, 6.07) is 0. The topological polar surface area (TPSA) is 40.5 Å². The molecule has 2 saturated carbocycles. The highest BCUT2D eigenvalue weighted by Crippen LogP contribution is 2.25. The first-order valence-electron chi connectivity index (χ1n) is 10.2. The lowest BCUT2D eigenvalue weighted by molar-refractivity contribution is -0.0705. The summed E-state index contributed by atoms with van der Waals surface area (Å²) >= 11 is 0. The van der Waals surface area contributed by atoms with Gasteiger partial charge in [-0.05, 0) is 74.3 Å². The zero-order valence-electron chi connectivity index (χ0n) is 15.3. The van der Waals surface area contributed by atoms with Crippen LogP contribution in [0.4, 0.5) is 0 Å². The minimum atomic E-state index is -1.15. The lowest BCUT2D eigenvalue weighted by Gasteiger charge is -2.18. The van der Waals surface area contributed by atoms with Crippen molar-refractivity contribution in [2.24, 2.45) is 5.92 Å². The Morgan fingerprint density at radius 3 is 1.25 bits per heavy atom. The Morgan fingerprint density at radius 2 is 0.917 bits per heavy atom. The van der Waals surface area contributed by atoms with Gasteiger partial charge >= 0.3 is 0 Å². The van der Waals surface area contributed by atoms with Gasteiger partial charge in [0, 0.05) is 5.92 Å². The van der Waals surface area contributed by atoms with Crippen LogP contribution in [0.15, 0.2) is 0 Å². The molecular weight excluding hydrogens is 334 g/mol. The largest absolute Gasteiger partial charge is 0.368 e. The van der Waals surface area contributed by atoms with E-state index in [1.165, 1.54) is 106 Å². The summed E-state index contributed by atoms with van der Waals surface area (Å²) in [4.78, 5) is 0. The van der Waals surface area contributed by atoms with E-state index in [0.717, 1.165) is 12.3 Å². The van der Waals surface area contributed by atoms with Crippen molar-refractivity contribution in [3.8, 4) is 0 Å². The standard InChI is InChI=1S/C20H36O2P2/c21-20(22)17(15-23-18-11-7-3-1-4-8-12-18)16-24-19-13-9-5-2-6-10-14-19/h17,20-22H,1-16H2. The van der Waals surface area contributed by atoms with Gasteiger partial charge < -0.3 is 10.2 Å². The van der Waals surface area contributed by atoms with Crippen LogP contribution < -0.4 is 0 Å². The highest BCUT2D eigenvalue weighted by molar-refractivity contribution is 7.41. The minimum Gasteiger partial charge on any atom is -0.368 e. The van der Waals surface area contributed by atoms with E-state index < -0.39 is 6.29 Å². The Morgan fingerprint density at radius 1 is 0.583 bits per heavy atom. The summed E-state index contributed by atoms with van der Waals surface area (Å²) < 4.78 is 0. The molecule has 2 nitrogen and oxygen atoms in total. The van der Waals surface area contributed by atoms with Crippen LogP contribution in [-0.4, -0.2) is 39.4 Å². The molecule has 0 aromatic carbocycles. The predicted molar refractivity (Wildman–Crippen MR) is 110 cm³/mol. The van der Waals surface area contributed by atoms with Crippen LogP contribution in [0.25, 0.3) is 0 Å². The molecule has 0 spiro atoms. The van der Waals surface area contributed by atoms with Gasteiger partial charge in [-0.1, -0.05) is 38.5 Å². The molecule has 0 saturated heterocycles. The van der Waals surface area contributed by atoms with Crippen molar-refractivity contribution < 1.29 is 10.2 Å². The van der Waals surface area contributed by atoms with E-state index in [0.29, 0.717) is 0 Å². The second kappa shape index (κ2) is 12.6. The molecule has 2 N–H and O–H groups in total. The summed E-state index contributed by atoms with van der Waals surface area (Å²) in [5, 5.41) is 22.9. The van der Waals surface area contributed by atoms with Gasteiger partial charge in [0.1, 0.15) is 0 Å². The number of hydrogen-bond acceptors (Lipinski definition) is 2. The molecule has 2 aliphatic carbocycles. The van der Waals surface area contributed by atoms with Gasteiger partial charge in [-0.15, -0.1) is 16.4 Å². The van der Waals surface area contributed by atoms with Crippen molar-refractivity contribution in [1.82, 2.24) is 0 Å². The number of rotatable bonds is 5. The van der Waals surface area contributed by atoms with E-state index >= 15 is 0 Å². The molecular formula is C20H36O2P2. The molecule has 0 unspecified atom stereocenters. The maximum absolute atomic E-state index is 9.80. The van der Waals surface area contributed by atoms with Gasteiger partial charge in [0.25, 0.3) is 0 Å². The Balaban J connectivity index is 1.85. The maximum Gasteiger partial charge on any atom is 0.155 e. The van der Waals surface area contributed by atoms with Crippen molar-refractivity contribution in [2.75, 3.05) is 12.3 Å². The molecule has 0 amide bonds. The first kappa shape index (κ1) is 20.6. The van der Waals surface area contributed by atoms with E-state index in [1.54, 1.807) is 10.6 Å².